The molecule has 1 aliphatic rings. The Morgan fingerprint density at radius 2 is 1.82 bits per heavy atom. The smallest absolute Gasteiger partial charge is 0.163 e. The van der Waals surface area contributed by atoms with E-state index >= 15 is 0 Å². The van der Waals surface area contributed by atoms with Crippen molar-refractivity contribution < 1.29 is 14.6 Å². The molecule has 0 heterocycles. The van der Waals surface area contributed by atoms with Gasteiger partial charge in [-0.15, -0.1) is 0 Å². The van der Waals surface area contributed by atoms with Crippen LogP contribution in [0.2, 0.25) is 0 Å². The van der Waals surface area contributed by atoms with Gasteiger partial charge in [0.2, 0.25) is 0 Å². The van der Waals surface area contributed by atoms with Gasteiger partial charge in [0.25, 0.3) is 0 Å². The number of hydrogen-bond donors (Lipinski definition) is 2. The van der Waals surface area contributed by atoms with Gasteiger partial charge in [-0.05, 0) is 73.9 Å². The van der Waals surface area contributed by atoms with Gasteiger partial charge in [-0.25, -0.2) is 0 Å². The van der Waals surface area contributed by atoms with Gasteiger partial charge < -0.3 is 19.9 Å². The Morgan fingerprint density at radius 1 is 1.07 bits per heavy atom. The molecule has 0 aromatic heterocycles. The first-order valence-corrected chi connectivity index (χ1v) is 9.73. The average Bonchev–Trinajstić information content (AvgIpc) is 2.69. The first-order chi connectivity index (χ1) is 13.5. The summed E-state index contributed by atoms with van der Waals surface area (Å²) in [6.07, 6.45) is 4.02. The largest absolute Gasteiger partial charge is 0.493 e. The van der Waals surface area contributed by atoms with E-state index in [0.717, 1.165) is 66.0 Å². The zero-order chi connectivity index (χ0) is 20.1. The molecule has 2 aromatic rings. The van der Waals surface area contributed by atoms with Crippen LogP contribution in [-0.2, 0) is 6.42 Å². The van der Waals surface area contributed by atoms with Crippen LogP contribution in [0.25, 0.3) is 0 Å². The van der Waals surface area contributed by atoms with Crippen molar-refractivity contribution in [3.63, 3.8) is 0 Å². The van der Waals surface area contributed by atoms with Crippen LogP contribution in [0.5, 0.6) is 11.5 Å². The summed E-state index contributed by atoms with van der Waals surface area (Å²) >= 11 is 0. The molecule has 2 N–H and O–H groups in total. The molecule has 148 valence electrons. The van der Waals surface area contributed by atoms with Gasteiger partial charge in [-0.1, -0.05) is 12.1 Å². The van der Waals surface area contributed by atoms with Gasteiger partial charge in [0, 0.05) is 6.04 Å². The second-order valence-electron chi connectivity index (χ2n) is 7.47. The van der Waals surface area contributed by atoms with E-state index in [9.17, 15) is 10.4 Å². The number of nitrogens with zero attached hydrogens (tertiary/aromatic N) is 1. The van der Waals surface area contributed by atoms with Gasteiger partial charge >= 0.3 is 0 Å². The minimum absolute atomic E-state index is 0.187. The zero-order valence-electron chi connectivity index (χ0n) is 16.8. The standard InChI is InChI=1S/C23H28N2O3/c1-15-10-17(13-22(27-2)23(15)28-3)11-16-4-5-18(14-24)21(12-16)25-19-6-8-20(26)9-7-19/h4-5,10,12-13,19-20,25-26H,6-9,11H2,1-3H3. The van der Waals surface area contributed by atoms with Crippen LogP contribution < -0.4 is 14.8 Å². The van der Waals surface area contributed by atoms with Gasteiger partial charge in [0.15, 0.2) is 11.5 Å². The Kier molecular flexibility index (Phi) is 6.43. The predicted molar refractivity (Wildman–Crippen MR) is 110 cm³/mol. The molecule has 0 saturated heterocycles. The molecule has 0 unspecified atom stereocenters. The molecule has 2 aromatic carbocycles. The number of nitriles is 1. The second kappa shape index (κ2) is 8.99. The third-order valence-electron chi connectivity index (χ3n) is 5.39. The van der Waals surface area contributed by atoms with Crippen LogP contribution in [0.15, 0.2) is 30.3 Å². The molecule has 5 nitrogen and oxygen atoms in total. The van der Waals surface area contributed by atoms with Gasteiger partial charge in [-0.3, -0.25) is 0 Å². The van der Waals surface area contributed by atoms with Crippen molar-refractivity contribution in [1.82, 2.24) is 0 Å². The van der Waals surface area contributed by atoms with E-state index in [4.69, 9.17) is 9.47 Å². The Hall–Kier alpha value is -2.71. The molecule has 0 atom stereocenters. The maximum Gasteiger partial charge on any atom is 0.163 e. The lowest BCUT2D eigenvalue weighted by atomic mass is 9.92. The van der Waals surface area contributed by atoms with Crippen molar-refractivity contribution in [3.05, 3.63) is 52.6 Å². The lowest BCUT2D eigenvalue weighted by Crippen LogP contribution is -2.28. The van der Waals surface area contributed by atoms with Crippen LogP contribution in [-0.4, -0.2) is 31.5 Å². The normalized spacial score (nSPS) is 19.0. The fraction of sp³-hybridized carbons (Fsp3) is 0.435. The van der Waals surface area contributed by atoms with Crippen LogP contribution in [0.4, 0.5) is 5.69 Å². The highest BCUT2D eigenvalue weighted by Crippen LogP contribution is 2.33. The van der Waals surface area contributed by atoms with Gasteiger partial charge in [0.05, 0.1) is 31.6 Å². The molecule has 0 aliphatic heterocycles. The summed E-state index contributed by atoms with van der Waals surface area (Å²) in [7, 11) is 3.29. The molecule has 0 spiro atoms. The number of benzene rings is 2. The van der Waals surface area contributed by atoms with Crippen molar-refractivity contribution in [2.24, 2.45) is 0 Å². The van der Waals surface area contributed by atoms with E-state index in [1.165, 1.54) is 0 Å². The summed E-state index contributed by atoms with van der Waals surface area (Å²) in [6, 6.07) is 12.6. The Bertz CT molecular complexity index is 865. The molecule has 3 rings (SSSR count). The quantitative estimate of drug-likeness (QED) is 0.786. The number of rotatable bonds is 6. The number of aryl methyl sites for hydroxylation is 1. The van der Waals surface area contributed by atoms with E-state index < -0.39 is 0 Å². The summed E-state index contributed by atoms with van der Waals surface area (Å²) in [5.41, 5.74) is 4.82. The molecule has 28 heavy (non-hydrogen) atoms. The maximum absolute atomic E-state index is 9.71. The fourth-order valence-electron chi connectivity index (χ4n) is 3.92. The third-order valence-corrected chi connectivity index (χ3v) is 5.39. The first-order valence-electron chi connectivity index (χ1n) is 9.73. The summed E-state index contributed by atoms with van der Waals surface area (Å²) in [5, 5.41) is 22.7. The van der Waals surface area contributed by atoms with Crippen LogP contribution in [0, 0.1) is 18.3 Å². The van der Waals surface area contributed by atoms with Crippen LogP contribution in [0.3, 0.4) is 0 Å². The van der Waals surface area contributed by atoms with E-state index in [-0.39, 0.29) is 6.10 Å². The molecule has 1 aliphatic carbocycles. The monoisotopic (exact) mass is 380 g/mol. The zero-order valence-corrected chi connectivity index (χ0v) is 16.8. The Morgan fingerprint density at radius 3 is 2.46 bits per heavy atom. The van der Waals surface area contributed by atoms with E-state index in [1.54, 1.807) is 14.2 Å². The summed E-state index contributed by atoms with van der Waals surface area (Å²) in [5.74, 6) is 1.48. The molecular formula is C23H28N2O3. The minimum atomic E-state index is -0.187. The number of anilines is 1. The summed E-state index contributed by atoms with van der Waals surface area (Å²) in [6.45, 7) is 2.01. The van der Waals surface area contributed by atoms with Gasteiger partial charge in [0.1, 0.15) is 6.07 Å². The van der Waals surface area contributed by atoms with Crippen molar-refractivity contribution in [1.29, 1.82) is 5.26 Å². The van der Waals surface area contributed by atoms with Crippen LogP contribution >= 0.6 is 0 Å². The number of nitrogens with one attached hydrogen (secondary N) is 1. The highest BCUT2D eigenvalue weighted by Gasteiger charge is 2.20. The highest BCUT2D eigenvalue weighted by molar-refractivity contribution is 5.60. The number of aliphatic hydroxyl groups is 1. The Labute approximate surface area is 166 Å². The lowest BCUT2D eigenvalue weighted by molar-refractivity contribution is 0.126. The predicted octanol–water partition coefficient (Wildman–Crippen LogP) is 4.19. The van der Waals surface area contributed by atoms with Crippen molar-refractivity contribution >= 4 is 5.69 Å². The van der Waals surface area contributed by atoms with E-state index in [2.05, 4.69) is 23.5 Å². The summed E-state index contributed by atoms with van der Waals surface area (Å²) < 4.78 is 10.9. The molecular weight excluding hydrogens is 352 g/mol. The van der Waals surface area contributed by atoms with E-state index in [1.807, 2.05) is 25.1 Å². The number of methoxy groups -OCH3 is 2. The van der Waals surface area contributed by atoms with E-state index in [0.29, 0.717) is 11.6 Å². The van der Waals surface area contributed by atoms with Gasteiger partial charge in [-0.2, -0.15) is 5.26 Å². The maximum atomic E-state index is 9.71. The number of ether oxygens (including phenoxy) is 2. The molecule has 5 heteroatoms. The second-order valence-corrected chi connectivity index (χ2v) is 7.47. The van der Waals surface area contributed by atoms with Crippen molar-refractivity contribution in [2.75, 3.05) is 19.5 Å². The lowest BCUT2D eigenvalue weighted by Gasteiger charge is -2.27. The highest BCUT2D eigenvalue weighted by atomic mass is 16.5. The topological polar surface area (TPSA) is 74.5 Å². The third kappa shape index (κ3) is 4.58. The Balaban J connectivity index is 1.81. The van der Waals surface area contributed by atoms with Crippen molar-refractivity contribution in [2.45, 2.75) is 51.2 Å². The molecule has 1 saturated carbocycles. The SMILES string of the molecule is COc1cc(Cc2ccc(C#N)c(NC3CCC(O)CC3)c2)cc(C)c1OC. The molecule has 0 bridgehead atoms. The minimum Gasteiger partial charge on any atom is -0.493 e. The fourth-order valence-corrected chi connectivity index (χ4v) is 3.92. The number of aliphatic hydroxyl groups excluding tert-OH is 1. The first kappa shape index (κ1) is 20.0. The summed E-state index contributed by atoms with van der Waals surface area (Å²) in [4.78, 5) is 0. The average molecular weight is 380 g/mol. The number of hydrogen-bond acceptors (Lipinski definition) is 5. The van der Waals surface area contributed by atoms with Crippen molar-refractivity contribution in [3.8, 4) is 17.6 Å². The van der Waals surface area contributed by atoms with Crippen LogP contribution in [0.1, 0.15) is 47.9 Å². The molecule has 1 fully saturated rings. The molecule has 0 amide bonds. The molecule has 0 radical (unpaired) electrons.